The van der Waals surface area contributed by atoms with Crippen molar-refractivity contribution in [2.45, 2.75) is 50.1 Å². The van der Waals surface area contributed by atoms with E-state index < -0.39 is 180 Å². The molecular formula is C38H26N4O14. The summed E-state index contributed by atoms with van der Waals surface area (Å²) in [4.78, 5) is 88.0. The van der Waals surface area contributed by atoms with Crippen molar-refractivity contribution < 1.29 is 60.0 Å². The number of carbonyl (C=O) groups excluding carboxylic acids is 2. The van der Waals surface area contributed by atoms with E-state index in [-0.39, 0.29) is 0 Å². The number of hydrogen-bond donors (Lipinski definition) is 8. The highest BCUT2D eigenvalue weighted by Gasteiger charge is 2.66. The lowest BCUT2D eigenvalue weighted by Gasteiger charge is -2.51. The monoisotopic (exact) mass is 762 g/mol. The summed E-state index contributed by atoms with van der Waals surface area (Å²) in [6.07, 6.45) is -6.01. The number of ketones is 2. The van der Waals surface area contributed by atoms with Crippen LogP contribution in [0.25, 0.3) is 54.2 Å². The summed E-state index contributed by atoms with van der Waals surface area (Å²) in [6, 6.07) is 3.14. The van der Waals surface area contributed by atoms with Crippen LogP contribution < -0.4 is 32.4 Å². The summed E-state index contributed by atoms with van der Waals surface area (Å²) in [5.41, 5.74) is 7.75. The Morgan fingerprint density at radius 1 is 0.518 bits per heavy atom. The number of fused-ring (bicyclic) bond motifs is 8. The predicted octanol–water partition coefficient (Wildman–Crippen LogP) is -0.751. The number of aliphatic hydroxyl groups excluding tert-OH is 2. The molecule has 18 nitrogen and oxygen atoms in total. The topological polar surface area (TPSA) is 337 Å². The molecule has 2 aliphatic carbocycles. The largest absolute Gasteiger partial charge is 0.506 e. The summed E-state index contributed by atoms with van der Waals surface area (Å²) >= 11 is 0. The van der Waals surface area contributed by atoms with Gasteiger partial charge in [0.05, 0.1) is 44.5 Å². The van der Waals surface area contributed by atoms with Crippen LogP contribution in [0, 0.1) is 11.8 Å². The fourth-order valence-corrected chi connectivity index (χ4v) is 9.33. The summed E-state index contributed by atoms with van der Waals surface area (Å²) in [7, 11) is 0. The molecule has 6 aromatic rings. The van der Waals surface area contributed by atoms with E-state index in [4.69, 9.17) is 0 Å². The van der Waals surface area contributed by atoms with Crippen LogP contribution in [0.15, 0.2) is 43.4 Å². The highest BCUT2D eigenvalue weighted by Crippen LogP contribution is 2.57. The Balaban J connectivity index is 1.52. The predicted molar refractivity (Wildman–Crippen MR) is 189 cm³/mol. The van der Waals surface area contributed by atoms with Crippen LogP contribution in [0.1, 0.15) is 70.7 Å². The minimum Gasteiger partial charge on any atom is -0.506 e. The van der Waals surface area contributed by atoms with Gasteiger partial charge in [-0.15, -0.1) is 0 Å². The Hall–Kier alpha value is -6.78. The molecule has 0 heterocycles. The second-order valence-electron chi connectivity index (χ2n) is 14.2. The van der Waals surface area contributed by atoms with Gasteiger partial charge in [0.15, 0.2) is 33.3 Å². The van der Waals surface area contributed by atoms with Gasteiger partial charge in [-0.05, 0) is 37.1 Å². The van der Waals surface area contributed by atoms with E-state index in [0.717, 1.165) is 24.3 Å². The first-order chi connectivity index (χ1) is 26.4. The van der Waals surface area contributed by atoms with Gasteiger partial charge in [-0.3, -0.25) is 28.8 Å². The molecule has 0 saturated carbocycles. The van der Waals surface area contributed by atoms with Crippen LogP contribution in [0.3, 0.4) is 0 Å². The maximum atomic E-state index is 15.1. The van der Waals surface area contributed by atoms with E-state index in [1.165, 1.54) is 13.8 Å². The third kappa shape index (κ3) is 3.88. The van der Waals surface area contributed by atoms with Crippen LogP contribution in [-0.4, -0.2) is 73.2 Å². The first kappa shape index (κ1) is 36.2. The number of phenolic OH excluding ortho intramolecular Hbond substituents is 4. The van der Waals surface area contributed by atoms with Gasteiger partial charge < -0.3 is 51.9 Å². The number of phenols is 4. The fourth-order valence-electron chi connectivity index (χ4n) is 9.33. The molecule has 6 atom stereocenters. The molecule has 0 fully saturated rings. The van der Waals surface area contributed by atoms with Gasteiger partial charge >= 0.3 is 10.7 Å². The summed E-state index contributed by atoms with van der Waals surface area (Å²) in [6.45, 7) is 2.52. The molecule has 0 radical (unpaired) electrons. The molecule has 0 saturated heterocycles. The van der Waals surface area contributed by atoms with E-state index in [2.05, 4.69) is 9.58 Å². The molecule has 0 spiro atoms. The fraction of sp³-hybridized carbons (Fsp3) is 0.263. The zero-order valence-corrected chi connectivity index (χ0v) is 28.8. The van der Waals surface area contributed by atoms with E-state index in [1.54, 1.807) is 0 Å². The second kappa shape index (κ2) is 11.4. The molecule has 2 aliphatic rings. The number of rotatable bonds is 3. The Morgan fingerprint density at radius 3 is 1.04 bits per heavy atom. The number of carbonyl (C=O) groups is 2. The molecule has 6 aromatic carbocycles. The molecule has 0 aromatic heterocycles. The molecule has 0 bridgehead atoms. The molecule has 56 heavy (non-hydrogen) atoms. The zero-order chi connectivity index (χ0) is 40.8. The quantitative estimate of drug-likeness (QED) is 0.0625. The van der Waals surface area contributed by atoms with Gasteiger partial charge in [-0.25, -0.2) is 0 Å². The molecule has 0 aliphatic heterocycles. The van der Waals surface area contributed by atoms with Gasteiger partial charge in [-0.1, -0.05) is 13.8 Å². The average Bonchev–Trinajstić information content (AvgIpc) is 3.72. The highest BCUT2D eigenvalue weighted by atomic mass is 16.4. The number of aromatic hydroxyl groups is 4. The van der Waals surface area contributed by atoms with Gasteiger partial charge in [0.2, 0.25) is 0 Å². The number of nitrogens with zero attached hydrogens (tertiary/aromatic N) is 4. The zero-order valence-electron chi connectivity index (χ0n) is 28.8. The highest BCUT2D eigenvalue weighted by molar-refractivity contribution is 6.25. The van der Waals surface area contributed by atoms with Crippen molar-refractivity contribution in [1.29, 1.82) is 0 Å². The summed E-state index contributed by atoms with van der Waals surface area (Å²) in [5.74, 6) is -11.7. The number of hydrogen-bond acceptors (Lipinski definition) is 14. The Bertz CT molecular complexity index is 3070. The normalized spacial score (nSPS) is 24.8. The van der Waals surface area contributed by atoms with Crippen LogP contribution in [-0.2, 0) is 0 Å². The molecule has 282 valence electrons. The second-order valence-corrected chi connectivity index (χ2v) is 14.2. The van der Waals surface area contributed by atoms with E-state index >= 15 is 9.59 Å². The first-order valence-corrected chi connectivity index (χ1v) is 17.0. The summed E-state index contributed by atoms with van der Waals surface area (Å²) < 4.78 is 0. The van der Waals surface area contributed by atoms with Crippen molar-refractivity contribution in [2.24, 2.45) is 11.8 Å². The maximum absolute atomic E-state index is 15.1. The third-order valence-corrected chi connectivity index (χ3v) is 12.0. The van der Waals surface area contributed by atoms with Crippen molar-refractivity contribution in [3.8, 4) is 23.0 Å². The summed E-state index contributed by atoms with van der Waals surface area (Å²) in [5, 5.41) is 87.1. The lowest BCUT2D eigenvalue weighted by Crippen LogP contribution is -2.63. The lowest BCUT2D eigenvalue weighted by molar-refractivity contribution is -0.175. The molecule has 8 N–H and O–H groups in total. The smallest absolute Gasteiger partial charge is 0.333 e. The average molecular weight is 763 g/mol. The van der Waals surface area contributed by atoms with Crippen LogP contribution in [0.4, 0.5) is 0 Å². The minimum atomic E-state index is -2.85. The van der Waals surface area contributed by atoms with Crippen LogP contribution in [0.5, 0.6) is 23.0 Å². The van der Waals surface area contributed by atoms with Crippen molar-refractivity contribution in [3.63, 3.8) is 0 Å². The van der Waals surface area contributed by atoms with Gasteiger partial charge in [-0.2, -0.15) is 9.58 Å². The number of benzene rings is 4. The standard InChI is InChI=1S/C38H26N4O14/c1-3-37(55)25(33(51)19-17-21(27(41-39)23(19)35(37)53)31(49)15-11(45)7-5-9(43)13(15)29(17)47)26-34(52)20-18-22(28(42-40)24(20)36(54)38(26,56)4-2)32(50)16-12(46)8-6-10(44)14(16)30(18)48/h5-8,25-26,35-36,47-50,53-56H,3-4H2,1-2H3/t25-,26?,35+,36+,37?,38?/m0/s1. The molecule has 18 heteroatoms. The molecular weight excluding hydrogens is 736 g/mol. The number of Topliss-reactive ketones (excluding diaryl/α,β-unsaturated/α-hetero) is 2. The van der Waals surface area contributed by atoms with E-state index in [9.17, 15) is 71.1 Å². The molecule has 0 amide bonds. The molecule has 8 rings (SSSR count). The molecule has 3 unspecified atom stereocenters. The lowest BCUT2D eigenvalue weighted by atomic mass is 9.55. The van der Waals surface area contributed by atoms with Crippen LogP contribution >= 0.6 is 0 Å². The Kier molecular flexibility index (Phi) is 7.36. The SMILES string of the molecule is CCC1(O)C([C@H]2C(=O)c3c(c(=[N+]=[N-])c4c(O)c5c(=O)ccc(=O)c5c(O)c34)[C@@H](O)C2(O)CC)C(=O)c2c(c(=[N+]=[N-])c3c(O)c4c(=O)ccc(=O)c4c(O)c23)[C@H]1O. The van der Waals surface area contributed by atoms with E-state index in [0.29, 0.717) is 0 Å². The van der Waals surface area contributed by atoms with Gasteiger partial charge in [0.1, 0.15) is 57.2 Å². The van der Waals surface area contributed by atoms with Crippen molar-refractivity contribution >= 4 is 54.7 Å². The third-order valence-electron chi connectivity index (χ3n) is 12.0. The maximum Gasteiger partial charge on any atom is 0.333 e. The van der Waals surface area contributed by atoms with Crippen molar-refractivity contribution in [2.75, 3.05) is 0 Å². The minimum absolute atomic E-state index is 0.625. The Labute approximate surface area is 308 Å². The van der Waals surface area contributed by atoms with Crippen molar-refractivity contribution in [1.82, 2.24) is 0 Å². The van der Waals surface area contributed by atoms with Crippen molar-refractivity contribution in [3.05, 3.63) is 109 Å². The van der Waals surface area contributed by atoms with E-state index in [1.807, 2.05) is 0 Å². The number of aliphatic hydroxyl groups is 4. The van der Waals surface area contributed by atoms with Gasteiger partial charge in [0.25, 0.3) is 0 Å². The Morgan fingerprint density at radius 2 is 0.786 bits per heavy atom. The van der Waals surface area contributed by atoms with Gasteiger partial charge in [0, 0.05) is 21.9 Å². The van der Waals surface area contributed by atoms with Crippen LogP contribution in [0.2, 0.25) is 0 Å². The first-order valence-electron chi connectivity index (χ1n) is 17.0.